The Kier molecular flexibility index (Phi) is 2.57. The third-order valence-electron chi connectivity index (χ3n) is 3.40. The molecule has 1 aliphatic carbocycles. The third-order valence-corrected chi connectivity index (χ3v) is 3.40. The monoisotopic (exact) mass is 191 g/mol. The van der Waals surface area contributed by atoms with Crippen LogP contribution in [-0.2, 0) is 0 Å². The number of benzene rings is 1. The van der Waals surface area contributed by atoms with E-state index in [9.17, 15) is 5.11 Å². The molecule has 1 saturated carbocycles. The summed E-state index contributed by atoms with van der Waals surface area (Å²) >= 11 is 0. The number of rotatable bonds is 3. The highest BCUT2D eigenvalue weighted by molar-refractivity contribution is 5.23. The molecule has 0 heterocycles. The zero-order chi connectivity index (χ0) is 10.0. The predicted octanol–water partition coefficient (Wildman–Crippen LogP) is 1.50. The van der Waals surface area contributed by atoms with Crippen molar-refractivity contribution in [1.29, 1.82) is 0 Å². The molecule has 1 aromatic carbocycles. The summed E-state index contributed by atoms with van der Waals surface area (Å²) in [6.07, 6.45) is 2.06. The molecule has 2 rings (SSSR count). The minimum absolute atomic E-state index is 0.0144. The number of hydrogen-bond acceptors (Lipinski definition) is 2. The standard InChI is InChI=1S/C12H17NO/c13-8-12(9-14)6-11(7-12)10-4-2-1-3-5-10/h1-5,11,14H,6-9,13H2. The van der Waals surface area contributed by atoms with Gasteiger partial charge >= 0.3 is 0 Å². The van der Waals surface area contributed by atoms with Gasteiger partial charge < -0.3 is 10.8 Å². The number of nitrogens with two attached hydrogens (primary N) is 1. The van der Waals surface area contributed by atoms with Crippen LogP contribution in [0.4, 0.5) is 0 Å². The van der Waals surface area contributed by atoms with Gasteiger partial charge in [-0.1, -0.05) is 30.3 Å². The smallest absolute Gasteiger partial charge is 0.0499 e. The first-order valence-corrected chi connectivity index (χ1v) is 5.15. The van der Waals surface area contributed by atoms with Crippen molar-refractivity contribution in [2.24, 2.45) is 11.1 Å². The first-order valence-electron chi connectivity index (χ1n) is 5.15. The Morgan fingerprint density at radius 2 is 1.93 bits per heavy atom. The first kappa shape index (κ1) is 9.69. The SMILES string of the molecule is NCC1(CO)CC(c2ccccc2)C1. The van der Waals surface area contributed by atoms with E-state index in [1.165, 1.54) is 5.56 Å². The lowest BCUT2D eigenvalue weighted by Gasteiger charge is -2.46. The van der Waals surface area contributed by atoms with Gasteiger partial charge in [-0.05, 0) is 24.3 Å². The van der Waals surface area contributed by atoms with Crippen LogP contribution in [0.1, 0.15) is 24.3 Å². The molecular formula is C12H17NO. The van der Waals surface area contributed by atoms with E-state index in [0.717, 1.165) is 12.8 Å². The quantitative estimate of drug-likeness (QED) is 0.760. The molecule has 2 heteroatoms. The molecule has 0 aromatic heterocycles. The zero-order valence-corrected chi connectivity index (χ0v) is 8.32. The Bertz CT molecular complexity index is 284. The molecule has 0 atom stereocenters. The van der Waals surface area contributed by atoms with Crippen LogP contribution in [-0.4, -0.2) is 18.3 Å². The Labute approximate surface area is 84.7 Å². The summed E-state index contributed by atoms with van der Waals surface area (Å²) in [6.45, 7) is 0.833. The van der Waals surface area contributed by atoms with E-state index in [1.807, 2.05) is 6.07 Å². The van der Waals surface area contributed by atoms with Gasteiger partial charge in [-0.2, -0.15) is 0 Å². The predicted molar refractivity (Wildman–Crippen MR) is 57.0 cm³/mol. The van der Waals surface area contributed by atoms with Gasteiger partial charge in [0.05, 0.1) is 0 Å². The lowest BCUT2D eigenvalue weighted by Crippen LogP contribution is -2.44. The summed E-state index contributed by atoms with van der Waals surface area (Å²) < 4.78 is 0. The van der Waals surface area contributed by atoms with Gasteiger partial charge in [0.15, 0.2) is 0 Å². The van der Waals surface area contributed by atoms with Gasteiger partial charge in [-0.3, -0.25) is 0 Å². The van der Waals surface area contributed by atoms with E-state index in [4.69, 9.17) is 5.73 Å². The van der Waals surface area contributed by atoms with Crippen molar-refractivity contribution in [2.75, 3.05) is 13.2 Å². The summed E-state index contributed by atoms with van der Waals surface area (Å²) in [6, 6.07) is 10.5. The van der Waals surface area contributed by atoms with Crippen LogP contribution >= 0.6 is 0 Å². The highest BCUT2D eigenvalue weighted by Crippen LogP contribution is 2.49. The van der Waals surface area contributed by atoms with E-state index in [0.29, 0.717) is 12.5 Å². The Morgan fingerprint density at radius 3 is 2.43 bits per heavy atom. The summed E-state index contributed by atoms with van der Waals surface area (Å²) in [7, 11) is 0. The minimum Gasteiger partial charge on any atom is -0.396 e. The Morgan fingerprint density at radius 1 is 1.29 bits per heavy atom. The summed E-state index contributed by atoms with van der Waals surface area (Å²) in [5.41, 5.74) is 7.05. The van der Waals surface area contributed by atoms with E-state index in [-0.39, 0.29) is 12.0 Å². The molecule has 0 radical (unpaired) electrons. The number of aliphatic hydroxyl groups excluding tert-OH is 1. The molecule has 0 spiro atoms. The highest BCUT2D eigenvalue weighted by Gasteiger charge is 2.42. The van der Waals surface area contributed by atoms with Crippen molar-refractivity contribution < 1.29 is 5.11 Å². The lowest BCUT2D eigenvalue weighted by molar-refractivity contribution is 0.0337. The van der Waals surface area contributed by atoms with Crippen molar-refractivity contribution in [3.63, 3.8) is 0 Å². The van der Waals surface area contributed by atoms with Crippen LogP contribution in [0.15, 0.2) is 30.3 Å². The van der Waals surface area contributed by atoms with Gasteiger partial charge in [-0.25, -0.2) is 0 Å². The molecule has 2 nitrogen and oxygen atoms in total. The van der Waals surface area contributed by atoms with Gasteiger partial charge in [-0.15, -0.1) is 0 Å². The molecule has 1 aromatic rings. The summed E-state index contributed by atoms with van der Waals surface area (Å²) in [5, 5.41) is 9.22. The summed E-state index contributed by atoms with van der Waals surface area (Å²) in [4.78, 5) is 0. The van der Waals surface area contributed by atoms with Crippen LogP contribution in [0, 0.1) is 5.41 Å². The molecule has 76 valence electrons. The maximum atomic E-state index is 9.22. The van der Waals surface area contributed by atoms with Crippen LogP contribution in [0.25, 0.3) is 0 Å². The molecule has 0 saturated heterocycles. The largest absolute Gasteiger partial charge is 0.396 e. The second kappa shape index (κ2) is 3.71. The van der Waals surface area contributed by atoms with Crippen molar-refractivity contribution in [1.82, 2.24) is 0 Å². The van der Waals surface area contributed by atoms with Crippen LogP contribution in [0.3, 0.4) is 0 Å². The molecule has 14 heavy (non-hydrogen) atoms. The van der Waals surface area contributed by atoms with Crippen molar-refractivity contribution >= 4 is 0 Å². The molecule has 0 amide bonds. The average molecular weight is 191 g/mol. The van der Waals surface area contributed by atoms with E-state index >= 15 is 0 Å². The second-order valence-electron chi connectivity index (χ2n) is 4.38. The molecule has 1 aliphatic rings. The van der Waals surface area contributed by atoms with E-state index in [2.05, 4.69) is 24.3 Å². The van der Waals surface area contributed by atoms with Crippen molar-refractivity contribution in [2.45, 2.75) is 18.8 Å². The van der Waals surface area contributed by atoms with Crippen LogP contribution in [0.5, 0.6) is 0 Å². The zero-order valence-electron chi connectivity index (χ0n) is 8.32. The van der Waals surface area contributed by atoms with Gasteiger partial charge in [0, 0.05) is 18.6 Å². The lowest BCUT2D eigenvalue weighted by atomic mass is 9.60. The normalized spacial score (nSPS) is 31.1. The number of aliphatic hydroxyl groups is 1. The topological polar surface area (TPSA) is 46.2 Å². The first-order chi connectivity index (χ1) is 6.79. The van der Waals surface area contributed by atoms with Gasteiger partial charge in [0.25, 0.3) is 0 Å². The average Bonchev–Trinajstić information content (AvgIpc) is 2.19. The van der Waals surface area contributed by atoms with Crippen LogP contribution in [0.2, 0.25) is 0 Å². The summed E-state index contributed by atoms with van der Waals surface area (Å²) in [5.74, 6) is 0.604. The molecule has 1 fully saturated rings. The van der Waals surface area contributed by atoms with Gasteiger partial charge in [0.1, 0.15) is 0 Å². The molecule has 0 bridgehead atoms. The molecule has 3 N–H and O–H groups in total. The molecule has 0 unspecified atom stereocenters. The highest BCUT2D eigenvalue weighted by atomic mass is 16.3. The third kappa shape index (κ3) is 1.56. The van der Waals surface area contributed by atoms with E-state index in [1.54, 1.807) is 0 Å². The Balaban J connectivity index is 2.01. The second-order valence-corrected chi connectivity index (χ2v) is 4.38. The maximum absolute atomic E-state index is 9.22. The minimum atomic E-state index is 0.0144. The van der Waals surface area contributed by atoms with Gasteiger partial charge in [0.2, 0.25) is 0 Å². The van der Waals surface area contributed by atoms with Crippen molar-refractivity contribution in [3.05, 3.63) is 35.9 Å². The molecule has 0 aliphatic heterocycles. The fourth-order valence-corrected chi connectivity index (χ4v) is 2.31. The maximum Gasteiger partial charge on any atom is 0.0499 e. The van der Waals surface area contributed by atoms with Crippen LogP contribution < -0.4 is 5.73 Å². The Hall–Kier alpha value is -0.860. The fraction of sp³-hybridized carbons (Fsp3) is 0.500. The van der Waals surface area contributed by atoms with Crippen molar-refractivity contribution in [3.8, 4) is 0 Å². The van der Waals surface area contributed by atoms with E-state index < -0.39 is 0 Å². The number of hydrogen-bond donors (Lipinski definition) is 2. The fourth-order valence-electron chi connectivity index (χ4n) is 2.31. The molecular weight excluding hydrogens is 174 g/mol.